The van der Waals surface area contributed by atoms with Gasteiger partial charge in [0.1, 0.15) is 5.75 Å². The van der Waals surface area contributed by atoms with E-state index in [1.165, 1.54) is 5.56 Å². The molecule has 2 heterocycles. The van der Waals surface area contributed by atoms with Crippen molar-refractivity contribution >= 4 is 5.91 Å². The monoisotopic (exact) mass is 331 g/mol. The number of hydrogen-bond donors (Lipinski definition) is 1. The van der Waals surface area contributed by atoms with Gasteiger partial charge in [0.2, 0.25) is 5.91 Å². The van der Waals surface area contributed by atoms with Crippen molar-refractivity contribution in [3.05, 3.63) is 29.8 Å². The largest absolute Gasteiger partial charge is 0.491 e. The van der Waals surface area contributed by atoms with Crippen molar-refractivity contribution in [2.45, 2.75) is 38.8 Å². The Bertz CT molecular complexity index is 538. The smallest absolute Gasteiger partial charge is 0.236 e. The summed E-state index contributed by atoms with van der Waals surface area (Å²) in [6.07, 6.45) is 2.48. The van der Waals surface area contributed by atoms with Gasteiger partial charge in [0.05, 0.1) is 12.6 Å². The van der Waals surface area contributed by atoms with Crippen LogP contribution in [0.3, 0.4) is 0 Å². The number of ether oxygens (including phenoxy) is 1. The summed E-state index contributed by atoms with van der Waals surface area (Å²) in [6, 6.07) is 8.57. The van der Waals surface area contributed by atoms with Gasteiger partial charge >= 0.3 is 0 Å². The maximum Gasteiger partial charge on any atom is 0.236 e. The van der Waals surface area contributed by atoms with Crippen LogP contribution in [0.25, 0.3) is 0 Å². The van der Waals surface area contributed by atoms with E-state index < -0.39 is 0 Å². The molecule has 1 aromatic carbocycles. The molecule has 1 atom stereocenters. The third-order valence-corrected chi connectivity index (χ3v) is 4.79. The van der Waals surface area contributed by atoms with E-state index in [0.717, 1.165) is 51.3 Å². The molecule has 5 nitrogen and oxygen atoms in total. The number of amides is 1. The minimum absolute atomic E-state index is 0.182. The molecule has 3 rings (SSSR count). The topological polar surface area (TPSA) is 44.8 Å². The predicted molar refractivity (Wildman–Crippen MR) is 95.2 cm³/mol. The number of nitrogens with zero attached hydrogens (tertiary/aromatic N) is 2. The Balaban J connectivity index is 1.66. The lowest BCUT2D eigenvalue weighted by Crippen LogP contribution is -2.49. The minimum atomic E-state index is 0.182. The Morgan fingerprint density at radius 3 is 2.58 bits per heavy atom. The molecule has 5 heteroatoms. The van der Waals surface area contributed by atoms with Crippen LogP contribution in [0.4, 0.5) is 0 Å². The zero-order valence-electron chi connectivity index (χ0n) is 14.8. The van der Waals surface area contributed by atoms with Gasteiger partial charge in [-0.25, -0.2) is 0 Å². The number of piperazine rings is 1. The summed E-state index contributed by atoms with van der Waals surface area (Å²) >= 11 is 0. The fourth-order valence-electron chi connectivity index (χ4n) is 3.55. The molecule has 1 N–H and O–H groups in total. The molecule has 2 saturated heterocycles. The van der Waals surface area contributed by atoms with Gasteiger partial charge in [0, 0.05) is 38.8 Å². The Kier molecular flexibility index (Phi) is 5.74. The number of carbonyl (C=O) groups excluding carboxylic acids is 1. The normalized spacial score (nSPS) is 22.1. The standard InChI is InChI=1S/C19H29N3O2/c1-15(2)24-17-7-5-16(6-8-17)18-13-20-9-12-22(18)14-19(23)21-10-3-4-11-21/h5-8,15,18,20H,3-4,9-14H2,1-2H3. The number of rotatable bonds is 5. The molecular formula is C19H29N3O2. The average Bonchev–Trinajstić information content (AvgIpc) is 3.10. The van der Waals surface area contributed by atoms with Crippen LogP contribution in [-0.2, 0) is 4.79 Å². The van der Waals surface area contributed by atoms with Gasteiger partial charge in [-0.1, -0.05) is 12.1 Å². The van der Waals surface area contributed by atoms with Crippen molar-refractivity contribution < 1.29 is 9.53 Å². The highest BCUT2D eigenvalue weighted by Crippen LogP contribution is 2.25. The molecule has 2 aliphatic rings. The second-order valence-corrected chi connectivity index (χ2v) is 7.01. The van der Waals surface area contributed by atoms with Gasteiger partial charge in [0.15, 0.2) is 0 Å². The summed E-state index contributed by atoms with van der Waals surface area (Å²) < 4.78 is 5.73. The number of benzene rings is 1. The Labute approximate surface area is 145 Å². The van der Waals surface area contributed by atoms with Crippen molar-refractivity contribution in [3.63, 3.8) is 0 Å². The molecule has 0 aromatic heterocycles. The summed E-state index contributed by atoms with van der Waals surface area (Å²) in [6.45, 7) is 9.18. The van der Waals surface area contributed by atoms with Crippen LogP contribution >= 0.6 is 0 Å². The fraction of sp³-hybridized carbons (Fsp3) is 0.632. The van der Waals surface area contributed by atoms with Gasteiger partial charge in [-0.2, -0.15) is 0 Å². The van der Waals surface area contributed by atoms with Crippen LogP contribution in [0.5, 0.6) is 5.75 Å². The van der Waals surface area contributed by atoms with Crippen molar-refractivity contribution in [2.75, 3.05) is 39.3 Å². The van der Waals surface area contributed by atoms with Crippen LogP contribution < -0.4 is 10.1 Å². The number of likely N-dealkylation sites (tertiary alicyclic amines) is 1. The lowest BCUT2D eigenvalue weighted by Gasteiger charge is -2.36. The van der Waals surface area contributed by atoms with E-state index in [4.69, 9.17) is 4.74 Å². The molecule has 0 aliphatic carbocycles. The van der Waals surface area contributed by atoms with Gasteiger partial charge in [-0.05, 0) is 44.4 Å². The van der Waals surface area contributed by atoms with Gasteiger partial charge < -0.3 is 15.0 Å². The zero-order chi connectivity index (χ0) is 16.9. The van der Waals surface area contributed by atoms with E-state index >= 15 is 0 Å². The van der Waals surface area contributed by atoms with Crippen LogP contribution in [0, 0.1) is 0 Å². The Morgan fingerprint density at radius 1 is 1.21 bits per heavy atom. The minimum Gasteiger partial charge on any atom is -0.491 e. The van der Waals surface area contributed by atoms with Gasteiger partial charge in [-0.15, -0.1) is 0 Å². The molecular weight excluding hydrogens is 302 g/mol. The predicted octanol–water partition coefficient (Wildman–Crippen LogP) is 2.04. The summed E-state index contributed by atoms with van der Waals surface area (Å²) in [5.74, 6) is 1.18. The van der Waals surface area contributed by atoms with E-state index in [1.54, 1.807) is 0 Å². The van der Waals surface area contributed by atoms with E-state index in [2.05, 4.69) is 22.3 Å². The molecule has 0 saturated carbocycles. The van der Waals surface area contributed by atoms with E-state index in [1.807, 2.05) is 30.9 Å². The number of carbonyl (C=O) groups is 1. The van der Waals surface area contributed by atoms with Crippen LogP contribution in [0.15, 0.2) is 24.3 Å². The molecule has 1 aromatic rings. The van der Waals surface area contributed by atoms with Crippen molar-refractivity contribution in [1.82, 2.24) is 15.1 Å². The van der Waals surface area contributed by atoms with Gasteiger partial charge in [0.25, 0.3) is 0 Å². The molecule has 24 heavy (non-hydrogen) atoms. The Hall–Kier alpha value is -1.59. The fourth-order valence-corrected chi connectivity index (χ4v) is 3.55. The van der Waals surface area contributed by atoms with Crippen LogP contribution in [0.2, 0.25) is 0 Å². The van der Waals surface area contributed by atoms with E-state index in [9.17, 15) is 4.79 Å². The maximum atomic E-state index is 12.5. The number of hydrogen-bond acceptors (Lipinski definition) is 4. The second-order valence-electron chi connectivity index (χ2n) is 7.01. The molecule has 1 amide bonds. The highest BCUT2D eigenvalue weighted by Gasteiger charge is 2.28. The second kappa shape index (κ2) is 7.99. The third-order valence-electron chi connectivity index (χ3n) is 4.79. The SMILES string of the molecule is CC(C)Oc1ccc(C2CNCCN2CC(=O)N2CCCC2)cc1. The highest BCUT2D eigenvalue weighted by atomic mass is 16.5. The molecule has 0 spiro atoms. The first-order chi connectivity index (χ1) is 11.6. The first kappa shape index (κ1) is 17.2. The molecule has 0 radical (unpaired) electrons. The van der Waals surface area contributed by atoms with Crippen LogP contribution in [-0.4, -0.2) is 61.1 Å². The first-order valence-corrected chi connectivity index (χ1v) is 9.12. The van der Waals surface area contributed by atoms with Crippen molar-refractivity contribution in [3.8, 4) is 5.75 Å². The van der Waals surface area contributed by atoms with Crippen LogP contribution in [0.1, 0.15) is 38.3 Å². The maximum absolute atomic E-state index is 12.5. The highest BCUT2D eigenvalue weighted by molar-refractivity contribution is 5.78. The van der Waals surface area contributed by atoms with Crippen molar-refractivity contribution in [1.29, 1.82) is 0 Å². The third kappa shape index (κ3) is 4.28. The molecule has 2 fully saturated rings. The molecule has 132 valence electrons. The Morgan fingerprint density at radius 2 is 1.92 bits per heavy atom. The summed E-state index contributed by atoms with van der Waals surface area (Å²) in [7, 11) is 0. The molecule has 1 unspecified atom stereocenters. The molecule has 0 bridgehead atoms. The zero-order valence-corrected chi connectivity index (χ0v) is 14.8. The summed E-state index contributed by atoms with van der Waals surface area (Å²) in [5, 5.41) is 3.46. The van der Waals surface area contributed by atoms with E-state index in [0.29, 0.717) is 6.54 Å². The van der Waals surface area contributed by atoms with E-state index in [-0.39, 0.29) is 18.1 Å². The number of nitrogens with one attached hydrogen (secondary N) is 1. The molecule has 2 aliphatic heterocycles. The lowest BCUT2D eigenvalue weighted by atomic mass is 10.0. The summed E-state index contributed by atoms with van der Waals surface area (Å²) in [4.78, 5) is 16.8. The lowest BCUT2D eigenvalue weighted by molar-refractivity contribution is -0.132. The quantitative estimate of drug-likeness (QED) is 0.897. The van der Waals surface area contributed by atoms with Gasteiger partial charge in [-0.3, -0.25) is 9.69 Å². The first-order valence-electron chi connectivity index (χ1n) is 9.12. The summed E-state index contributed by atoms with van der Waals surface area (Å²) in [5.41, 5.74) is 1.24. The average molecular weight is 331 g/mol. The van der Waals surface area contributed by atoms with Crippen molar-refractivity contribution in [2.24, 2.45) is 0 Å².